The molecule has 0 bridgehead atoms. The van der Waals surface area contributed by atoms with Gasteiger partial charge in [-0.1, -0.05) is 29.5 Å². The Morgan fingerprint density at radius 3 is 2.92 bits per heavy atom. The van der Waals surface area contributed by atoms with Gasteiger partial charge in [-0.3, -0.25) is 0 Å². The molecule has 3 N–H and O–H groups in total. The molecule has 3 heteroatoms. The minimum absolute atomic E-state index is 0.601. The zero-order chi connectivity index (χ0) is 9.68. The maximum atomic E-state index is 5.91. The largest absolute Gasteiger partial charge is 0.398 e. The summed E-state index contributed by atoms with van der Waals surface area (Å²) in [6, 6.07) is 5.37. The van der Waals surface area contributed by atoms with E-state index in [2.05, 4.69) is 17.2 Å². The maximum absolute atomic E-state index is 5.91. The number of nitrogens with one attached hydrogen (secondary N) is 1. The van der Waals surface area contributed by atoms with Crippen molar-refractivity contribution in [2.75, 3.05) is 19.3 Å². The second-order valence-corrected chi connectivity index (χ2v) is 2.94. The molecule has 0 fully saturated rings. The van der Waals surface area contributed by atoms with Gasteiger partial charge in [-0.15, -0.1) is 0 Å². The van der Waals surface area contributed by atoms with Crippen LogP contribution in [0.5, 0.6) is 0 Å². The molecule has 0 heterocycles. The van der Waals surface area contributed by atoms with Gasteiger partial charge in [0.2, 0.25) is 0 Å². The summed E-state index contributed by atoms with van der Waals surface area (Å²) in [7, 11) is 1.84. The third-order valence-electron chi connectivity index (χ3n) is 1.52. The number of nitrogen functional groups attached to an aromatic ring is 1. The molecule has 0 aliphatic heterocycles. The van der Waals surface area contributed by atoms with Gasteiger partial charge >= 0.3 is 0 Å². The highest BCUT2D eigenvalue weighted by Gasteiger charge is 1.99. The van der Waals surface area contributed by atoms with Crippen molar-refractivity contribution < 1.29 is 0 Å². The molecule has 0 aromatic heterocycles. The minimum atomic E-state index is 0.601. The number of hydrogen-bond acceptors (Lipinski definition) is 2. The second kappa shape index (κ2) is 4.76. The summed E-state index contributed by atoms with van der Waals surface area (Å²) in [6.07, 6.45) is 0. The average Bonchev–Trinajstić information content (AvgIpc) is 2.10. The molecule has 68 valence electrons. The first-order valence-electron chi connectivity index (χ1n) is 3.93. The molecule has 0 radical (unpaired) electrons. The SMILES string of the molecule is CNCC#Cc1c(N)cccc1Cl. The third-order valence-corrected chi connectivity index (χ3v) is 1.84. The number of benzene rings is 1. The van der Waals surface area contributed by atoms with Gasteiger partial charge in [0.1, 0.15) is 0 Å². The molecule has 0 atom stereocenters. The van der Waals surface area contributed by atoms with Crippen LogP contribution in [0.15, 0.2) is 18.2 Å². The summed E-state index contributed by atoms with van der Waals surface area (Å²) >= 11 is 5.91. The van der Waals surface area contributed by atoms with Gasteiger partial charge in [0.25, 0.3) is 0 Å². The molecule has 0 unspecified atom stereocenters. The molecular weight excluding hydrogens is 184 g/mol. The van der Waals surface area contributed by atoms with Crippen molar-refractivity contribution >= 4 is 17.3 Å². The van der Waals surface area contributed by atoms with Crippen molar-refractivity contribution in [1.82, 2.24) is 5.32 Å². The lowest BCUT2D eigenvalue weighted by Gasteiger charge is -1.99. The predicted molar refractivity (Wildman–Crippen MR) is 56.7 cm³/mol. The van der Waals surface area contributed by atoms with Crippen LogP contribution in [0.3, 0.4) is 0 Å². The standard InChI is InChI=1S/C10H11ClN2/c1-13-7-3-4-8-9(11)5-2-6-10(8)12/h2,5-6,13H,7,12H2,1H3. The first kappa shape index (κ1) is 9.91. The monoisotopic (exact) mass is 194 g/mol. The lowest BCUT2D eigenvalue weighted by atomic mass is 10.2. The normalized spacial score (nSPS) is 9.08. The molecule has 1 aromatic carbocycles. The Morgan fingerprint density at radius 1 is 1.54 bits per heavy atom. The van der Waals surface area contributed by atoms with E-state index in [-0.39, 0.29) is 0 Å². The van der Waals surface area contributed by atoms with Crippen LogP contribution in [-0.2, 0) is 0 Å². The van der Waals surface area contributed by atoms with E-state index in [0.29, 0.717) is 22.8 Å². The highest BCUT2D eigenvalue weighted by atomic mass is 35.5. The Hall–Kier alpha value is -1.17. The molecule has 13 heavy (non-hydrogen) atoms. The fourth-order valence-corrected chi connectivity index (χ4v) is 1.12. The van der Waals surface area contributed by atoms with Gasteiger partial charge in [-0.25, -0.2) is 0 Å². The van der Waals surface area contributed by atoms with Crippen molar-refractivity contribution in [3.63, 3.8) is 0 Å². The van der Waals surface area contributed by atoms with Crippen molar-refractivity contribution in [3.05, 3.63) is 28.8 Å². The second-order valence-electron chi connectivity index (χ2n) is 2.54. The Labute approximate surface area is 83.1 Å². The molecule has 1 aromatic rings. The van der Waals surface area contributed by atoms with Crippen LogP contribution >= 0.6 is 11.6 Å². The van der Waals surface area contributed by atoms with E-state index in [1.807, 2.05) is 7.05 Å². The minimum Gasteiger partial charge on any atom is -0.398 e. The van der Waals surface area contributed by atoms with Crippen LogP contribution in [0.25, 0.3) is 0 Å². The summed E-state index contributed by atoms with van der Waals surface area (Å²) in [5, 5.41) is 3.52. The van der Waals surface area contributed by atoms with E-state index in [0.717, 1.165) is 0 Å². The van der Waals surface area contributed by atoms with Crippen LogP contribution in [0.1, 0.15) is 5.56 Å². The highest BCUT2D eigenvalue weighted by Crippen LogP contribution is 2.20. The van der Waals surface area contributed by atoms with Gasteiger partial charge in [-0.05, 0) is 19.2 Å². The van der Waals surface area contributed by atoms with Crippen molar-refractivity contribution in [3.8, 4) is 11.8 Å². The Balaban J connectivity index is 2.95. The first-order valence-corrected chi connectivity index (χ1v) is 4.31. The molecule has 0 amide bonds. The highest BCUT2D eigenvalue weighted by molar-refractivity contribution is 6.32. The number of halogens is 1. The molecule has 2 nitrogen and oxygen atoms in total. The molecule has 1 rings (SSSR count). The van der Waals surface area contributed by atoms with E-state index in [1.165, 1.54) is 0 Å². The molecule has 0 saturated heterocycles. The fourth-order valence-electron chi connectivity index (χ4n) is 0.894. The number of rotatable bonds is 1. The van der Waals surface area contributed by atoms with E-state index in [1.54, 1.807) is 18.2 Å². The number of nitrogens with two attached hydrogens (primary N) is 1. The lowest BCUT2D eigenvalue weighted by molar-refractivity contribution is 0.938. The summed E-state index contributed by atoms with van der Waals surface area (Å²) in [6.45, 7) is 0.630. The molecule has 0 aliphatic carbocycles. The first-order chi connectivity index (χ1) is 6.25. The lowest BCUT2D eigenvalue weighted by Crippen LogP contribution is -2.04. The zero-order valence-corrected chi connectivity index (χ0v) is 8.15. The van der Waals surface area contributed by atoms with Gasteiger partial charge in [-0.2, -0.15) is 0 Å². The summed E-state index contributed by atoms with van der Waals surface area (Å²) in [5.41, 5.74) is 7.03. The average molecular weight is 195 g/mol. The zero-order valence-electron chi connectivity index (χ0n) is 7.39. The topological polar surface area (TPSA) is 38.0 Å². The van der Waals surface area contributed by atoms with Crippen LogP contribution < -0.4 is 11.1 Å². The Morgan fingerprint density at radius 2 is 2.31 bits per heavy atom. The maximum Gasteiger partial charge on any atom is 0.0661 e. The van der Waals surface area contributed by atoms with Gasteiger partial charge < -0.3 is 11.1 Å². The van der Waals surface area contributed by atoms with Crippen LogP contribution in [0.2, 0.25) is 5.02 Å². The van der Waals surface area contributed by atoms with Crippen molar-refractivity contribution in [1.29, 1.82) is 0 Å². The fraction of sp³-hybridized carbons (Fsp3) is 0.200. The predicted octanol–water partition coefficient (Wildman–Crippen LogP) is 1.49. The van der Waals surface area contributed by atoms with E-state index < -0.39 is 0 Å². The van der Waals surface area contributed by atoms with Gasteiger partial charge in [0, 0.05) is 5.69 Å². The van der Waals surface area contributed by atoms with Crippen molar-refractivity contribution in [2.45, 2.75) is 0 Å². The molecule has 0 aliphatic rings. The summed E-state index contributed by atoms with van der Waals surface area (Å²) < 4.78 is 0. The Kier molecular flexibility index (Phi) is 3.63. The number of hydrogen-bond donors (Lipinski definition) is 2. The Bertz CT molecular complexity index is 329. The van der Waals surface area contributed by atoms with Gasteiger partial charge in [0.15, 0.2) is 0 Å². The molecule has 0 spiro atoms. The van der Waals surface area contributed by atoms with Crippen LogP contribution in [0.4, 0.5) is 5.69 Å². The van der Waals surface area contributed by atoms with E-state index >= 15 is 0 Å². The summed E-state index contributed by atoms with van der Waals surface area (Å²) in [4.78, 5) is 0. The number of anilines is 1. The van der Waals surface area contributed by atoms with Gasteiger partial charge in [0.05, 0.1) is 17.1 Å². The summed E-state index contributed by atoms with van der Waals surface area (Å²) in [5.74, 6) is 5.82. The third kappa shape index (κ3) is 2.66. The smallest absolute Gasteiger partial charge is 0.0661 e. The molecular formula is C10H11ClN2. The van der Waals surface area contributed by atoms with Crippen LogP contribution in [0, 0.1) is 11.8 Å². The van der Waals surface area contributed by atoms with E-state index in [4.69, 9.17) is 17.3 Å². The van der Waals surface area contributed by atoms with Crippen LogP contribution in [-0.4, -0.2) is 13.6 Å². The van der Waals surface area contributed by atoms with Crippen molar-refractivity contribution in [2.24, 2.45) is 0 Å². The molecule has 0 saturated carbocycles. The van der Waals surface area contributed by atoms with E-state index in [9.17, 15) is 0 Å². The quantitative estimate of drug-likeness (QED) is 0.525.